The van der Waals surface area contributed by atoms with Crippen LogP contribution in [-0.2, 0) is 4.79 Å². The van der Waals surface area contributed by atoms with Crippen molar-refractivity contribution in [3.63, 3.8) is 0 Å². The molecule has 184 valence electrons. The number of benzene rings is 1. The quantitative estimate of drug-likeness (QED) is 0.375. The van der Waals surface area contributed by atoms with Crippen molar-refractivity contribution in [1.29, 1.82) is 0 Å². The number of carbonyl (C=O) groups is 1. The number of amides is 1. The highest BCUT2D eigenvalue weighted by Gasteiger charge is 2.27. The van der Waals surface area contributed by atoms with Crippen molar-refractivity contribution in [3.05, 3.63) is 70.1 Å². The number of piperidine rings is 1. The van der Waals surface area contributed by atoms with E-state index in [9.17, 15) is 4.79 Å². The molecule has 0 bridgehead atoms. The summed E-state index contributed by atoms with van der Waals surface area (Å²) in [5.41, 5.74) is 3.48. The number of carbonyl (C=O) groups excluding carboxylic acids is 1. The molecule has 35 heavy (non-hydrogen) atoms. The minimum absolute atomic E-state index is 0.0472. The molecule has 7 heteroatoms. The lowest BCUT2D eigenvalue weighted by Crippen LogP contribution is -2.41. The van der Waals surface area contributed by atoms with E-state index in [0.29, 0.717) is 16.0 Å². The van der Waals surface area contributed by atoms with Gasteiger partial charge in [-0.3, -0.25) is 9.78 Å². The Morgan fingerprint density at radius 3 is 2.66 bits per heavy atom. The summed E-state index contributed by atoms with van der Waals surface area (Å²) in [6, 6.07) is 7.67. The van der Waals surface area contributed by atoms with Crippen molar-refractivity contribution in [2.45, 2.75) is 50.5 Å². The van der Waals surface area contributed by atoms with Crippen molar-refractivity contribution < 1.29 is 4.79 Å². The minimum Gasteiger partial charge on any atom is -0.361 e. The van der Waals surface area contributed by atoms with E-state index < -0.39 is 0 Å². The number of halogens is 2. The first-order chi connectivity index (χ1) is 17.0. The van der Waals surface area contributed by atoms with Gasteiger partial charge in [-0.25, -0.2) is 0 Å². The molecule has 5 nitrogen and oxygen atoms in total. The lowest BCUT2D eigenvalue weighted by molar-refractivity contribution is -0.117. The number of likely N-dealkylation sites (tertiary alicyclic amines) is 1. The monoisotopic (exact) mass is 510 g/mol. The zero-order valence-corrected chi connectivity index (χ0v) is 21.4. The normalized spacial score (nSPS) is 22.1. The fourth-order valence-electron chi connectivity index (χ4n) is 5.64. The van der Waals surface area contributed by atoms with Crippen LogP contribution < -0.4 is 5.32 Å². The molecule has 2 aliphatic rings. The van der Waals surface area contributed by atoms with E-state index >= 15 is 0 Å². The van der Waals surface area contributed by atoms with Crippen molar-refractivity contribution in [2.75, 3.05) is 19.6 Å². The van der Waals surface area contributed by atoms with Crippen molar-refractivity contribution in [2.24, 2.45) is 5.92 Å². The molecule has 0 unspecified atom stereocenters. The van der Waals surface area contributed by atoms with Crippen molar-refractivity contribution >= 4 is 46.1 Å². The first-order valence-electron chi connectivity index (χ1n) is 12.6. The Morgan fingerprint density at radius 1 is 1.09 bits per heavy atom. The van der Waals surface area contributed by atoms with Crippen molar-refractivity contribution in [3.8, 4) is 0 Å². The van der Waals surface area contributed by atoms with Crippen LogP contribution in [0.1, 0.15) is 55.6 Å². The third-order valence-corrected chi connectivity index (χ3v) is 8.36. The Balaban J connectivity index is 1.04. The van der Waals surface area contributed by atoms with Crippen LogP contribution in [0.2, 0.25) is 10.0 Å². The van der Waals surface area contributed by atoms with Gasteiger partial charge in [0.15, 0.2) is 0 Å². The molecule has 1 aliphatic heterocycles. The molecule has 1 saturated carbocycles. The maximum atomic E-state index is 12.4. The largest absolute Gasteiger partial charge is 0.361 e. The van der Waals surface area contributed by atoms with Crippen LogP contribution in [0.4, 0.5) is 0 Å². The highest BCUT2D eigenvalue weighted by Crippen LogP contribution is 2.34. The second-order valence-electron chi connectivity index (χ2n) is 9.97. The summed E-state index contributed by atoms with van der Waals surface area (Å²) >= 11 is 12.0. The molecule has 1 saturated heterocycles. The molecule has 2 aromatic heterocycles. The second kappa shape index (κ2) is 11.2. The molecule has 0 spiro atoms. The Hall–Kier alpha value is -2.34. The maximum absolute atomic E-state index is 12.4. The van der Waals surface area contributed by atoms with Gasteiger partial charge >= 0.3 is 0 Å². The van der Waals surface area contributed by atoms with E-state index in [1.165, 1.54) is 48.7 Å². The summed E-state index contributed by atoms with van der Waals surface area (Å²) in [5, 5.41) is 5.45. The third-order valence-electron chi connectivity index (χ3n) is 7.62. The van der Waals surface area contributed by atoms with Gasteiger partial charge < -0.3 is 15.2 Å². The molecule has 1 aliphatic carbocycles. The first kappa shape index (κ1) is 24.4. The number of aromatic nitrogens is 2. The number of hydrogen-bond acceptors (Lipinski definition) is 3. The minimum atomic E-state index is -0.0472. The van der Waals surface area contributed by atoms with Crippen LogP contribution in [0.15, 0.2) is 48.9 Å². The van der Waals surface area contributed by atoms with E-state index in [1.54, 1.807) is 24.3 Å². The lowest BCUT2D eigenvalue weighted by atomic mass is 9.84. The van der Waals surface area contributed by atoms with E-state index in [4.69, 9.17) is 23.2 Å². The summed E-state index contributed by atoms with van der Waals surface area (Å²) in [6.07, 6.45) is 16.3. The summed E-state index contributed by atoms with van der Waals surface area (Å²) in [7, 11) is 0. The van der Waals surface area contributed by atoms with Gasteiger partial charge in [0.1, 0.15) is 0 Å². The molecule has 5 rings (SSSR count). The van der Waals surface area contributed by atoms with Crippen LogP contribution in [0.5, 0.6) is 0 Å². The number of nitrogens with one attached hydrogen (secondary N) is 2. The predicted octanol–water partition coefficient (Wildman–Crippen LogP) is 6.44. The highest BCUT2D eigenvalue weighted by molar-refractivity contribution is 6.42. The lowest BCUT2D eigenvalue weighted by Gasteiger charge is -2.36. The van der Waals surface area contributed by atoms with Crippen LogP contribution in [0, 0.1) is 5.92 Å². The molecule has 2 fully saturated rings. The first-order valence-corrected chi connectivity index (χ1v) is 13.4. The van der Waals surface area contributed by atoms with E-state index in [2.05, 4.69) is 32.4 Å². The van der Waals surface area contributed by atoms with E-state index in [1.807, 2.05) is 18.5 Å². The SMILES string of the molecule is O=C(/C=C/c1ccc(Cl)c(Cl)c1)NC1CCC(CN2CCC(c3c[nH]c4ccncc34)CC2)CC1. The zero-order valence-electron chi connectivity index (χ0n) is 19.9. The molecule has 0 radical (unpaired) electrons. The molecule has 3 heterocycles. The van der Waals surface area contributed by atoms with Crippen LogP contribution in [-0.4, -0.2) is 46.5 Å². The summed E-state index contributed by atoms with van der Waals surface area (Å²) in [6.45, 7) is 3.50. The number of fused-ring (bicyclic) bond motifs is 1. The Bertz CT molecular complexity index is 1190. The van der Waals surface area contributed by atoms with Gasteiger partial charge in [-0.05, 0) is 98.9 Å². The number of nitrogens with zero attached hydrogens (tertiary/aromatic N) is 2. The zero-order chi connectivity index (χ0) is 24.2. The van der Waals surface area contributed by atoms with Gasteiger partial charge in [0, 0.05) is 48.2 Å². The van der Waals surface area contributed by atoms with E-state index in [-0.39, 0.29) is 11.9 Å². The molecule has 1 aromatic carbocycles. The smallest absolute Gasteiger partial charge is 0.244 e. The Labute approximate surface area is 216 Å². The predicted molar refractivity (Wildman–Crippen MR) is 144 cm³/mol. The second-order valence-corrected chi connectivity index (χ2v) is 10.8. The number of rotatable bonds is 6. The van der Waals surface area contributed by atoms with Crippen LogP contribution in [0.25, 0.3) is 17.0 Å². The molecular formula is C28H32Cl2N4O. The van der Waals surface area contributed by atoms with Crippen molar-refractivity contribution in [1.82, 2.24) is 20.2 Å². The van der Waals surface area contributed by atoms with Crippen LogP contribution >= 0.6 is 23.2 Å². The molecule has 2 N–H and O–H groups in total. The number of H-pyrrole nitrogens is 1. The molecular weight excluding hydrogens is 479 g/mol. The highest BCUT2D eigenvalue weighted by atomic mass is 35.5. The van der Waals surface area contributed by atoms with Crippen LogP contribution in [0.3, 0.4) is 0 Å². The molecule has 1 amide bonds. The Morgan fingerprint density at radius 2 is 1.89 bits per heavy atom. The topological polar surface area (TPSA) is 61.0 Å². The Kier molecular flexibility index (Phi) is 7.76. The average molecular weight is 511 g/mol. The maximum Gasteiger partial charge on any atom is 0.244 e. The van der Waals surface area contributed by atoms with Gasteiger partial charge in [0.05, 0.1) is 10.0 Å². The standard InChI is InChI=1S/C28H32Cl2N4O/c29-25-7-3-19(15-26(25)30)4-8-28(35)33-22-5-1-20(2-6-22)18-34-13-10-21(11-14-34)23-17-32-27-9-12-31-16-24(23)27/h3-4,7-9,12,15-17,20-22,32H,1-2,5-6,10-11,13-14,18H2,(H,33,35)/b8-4+. The molecule has 3 aromatic rings. The van der Waals surface area contributed by atoms with Gasteiger partial charge in [-0.1, -0.05) is 29.3 Å². The third kappa shape index (κ3) is 6.08. The summed E-state index contributed by atoms with van der Waals surface area (Å²) < 4.78 is 0. The molecule has 0 atom stereocenters. The van der Waals surface area contributed by atoms with Gasteiger partial charge in [0.2, 0.25) is 5.91 Å². The fraction of sp³-hybridized carbons (Fsp3) is 0.429. The van der Waals surface area contributed by atoms with Gasteiger partial charge in [-0.2, -0.15) is 0 Å². The van der Waals surface area contributed by atoms with E-state index in [0.717, 1.165) is 37.4 Å². The van der Waals surface area contributed by atoms with Gasteiger partial charge in [-0.15, -0.1) is 0 Å². The number of aromatic amines is 1. The van der Waals surface area contributed by atoms with Gasteiger partial charge in [0.25, 0.3) is 0 Å². The number of hydrogen-bond donors (Lipinski definition) is 2. The fourth-order valence-corrected chi connectivity index (χ4v) is 5.95. The number of pyridine rings is 1. The summed E-state index contributed by atoms with van der Waals surface area (Å²) in [4.78, 5) is 22.7. The summed E-state index contributed by atoms with van der Waals surface area (Å²) in [5.74, 6) is 1.30. The average Bonchev–Trinajstić information content (AvgIpc) is 3.31.